The van der Waals surface area contributed by atoms with Crippen molar-refractivity contribution in [3.05, 3.63) is 98.9 Å². The molecule has 6 heteroatoms. The maximum Gasteiger partial charge on any atom is 0.295 e. The lowest BCUT2D eigenvalue weighted by molar-refractivity contribution is 0.0971. The van der Waals surface area contributed by atoms with Crippen LogP contribution in [-0.2, 0) is 0 Å². The number of carbonyl (C=O) groups excluding carboxylic acids is 1. The molecule has 0 spiro atoms. The molecule has 1 aliphatic rings. The maximum atomic E-state index is 13.9. The van der Waals surface area contributed by atoms with Crippen molar-refractivity contribution in [1.82, 2.24) is 0 Å². The Morgan fingerprint density at radius 3 is 2.38 bits per heavy atom. The van der Waals surface area contributed by atoms with Crippen molar-refractivity contribution in [3.8, 4) is 11.5 Å². The van der Waals surface area contributed by atoms with E-state index in [-0.39, 0.29) is 17.1 Å². The fourth-order valence-corrected chi connectivity index (χ4v) is 4.81. The van der Waals surface area contributed by atoms with Crippen LogP contribution in [-0.4, -0.2) is 19.1 Å². The Morgan fingerprint density at radius 2 is 1.65 bits per heavy atom. The largest absolute Gasteiger partial charge is 0.490 e. The van der Waals surface area contributed by atoms with Gasteiger partial charge in [0.1, 0.15) is 5.58 Å². The standard InChI is InChI=1S/C31H31NO5/c1-5-7-15-36-24-14-13-21(18-26(24)35-6-2)28-27-29(33)23-16-19(3)20(4)17-25(23)37-30(27)31(34)32(28)22-11-9-8-10-12-22/h8-14,16-18,28H,5-7,15H2,1-4H3. The van der Waals surface area contributed by atoms with Crippen LogP contribution in [0.5, 0.6) is 11.5 Å². The predicted molar refractivity (Wildman–Crippen MR) is 145 cm³/mol. The van der Waals surface area contributed by atoms with E-state index >= 15 is 0 Å². The summed E-state index contributed by atoms with van der Waals surface area (Å²) in [5, 5.41) is 0.471. The highest BCUT2D eigenvalue weighted by Gasteiger charge is 2.44. The summed E-state index contributed by atoms with van der Waals surface area (Å²) in [5.41, 5.74) is 3.98. The number of hydrogen-bond donors (Lipinski definition) is 0. The van der Waals surface area contributed by atoms with Gasteiger partial charge in [-0.1, -0.05) is 37.6 Å². The van der Waals surface area contributed by atoms with Gasteiger partial charge in [0.15, 0.2) is 16.9 Å². The van der Waals surface area contributed by atoms with E-state index in [1.165, 1.54) is 0 Å². The molecule has 5 rings (SSSR count). The number of para-hydroxylation sites is 1. The first-order valence-corrected chi connectivity index (χ1v) is 12.8. The summed E-state index contributed by atoms with van der Waals surface area (Å²) >= 11 is 0. The van der Waals surface area contributed by atoms with Gasteiger partial charge in [0.25, 0.3) is 5.91 Å². The quantitative estimate of drug-likeness (QED) is 0.252. The van der Waals surface area contributed by atoms with E-state index in [1.54, 1.807) is 4.90 Å². The van der Waals surface area contributed by atoms with Gasteiger partial charge >= 0.3 is 0 Å². The van der Waals surface area contributed by atoms with Gasteiger partial charge in [0, 0.05) is 5.69 Å². The first kappa shape index (κ1) is 24.6. The number of hydrogen-bond acceptors (Lipinski definition) is 5. The number of anilines is 1. The van der Waals surface area contributed by atoms with Gasteiger partial charge < -0.3 is 13.9 Å². The number of unbranched alkanes of at least 4 members (excludes halogenated alkanes) is 1. The summed E-state index contributed by atoms with van der Waals surface area (Å²) in [5.74, 6) is 0.966. The van der Waals surface area contributed by atoms with E-state index in [4.69, 9.17) is 13.9 Å². The van der Waals surface area contributed by atoms with Crippen LogP contribution in [0, 0.1) is 13.8 Å². The summed E-state index contributed by atoms with van der Waals surface area (Å²) in [6, 6.07) is 18.0. The molecule has 0 saturated heterocycles. The fourth-order valence-electron chi connectivity index (χ4n) is 4.81. The Morgan fingerprint density at radius 1 is 0.892 bits per heavy atom. The first-order valence-electron chi connectivity index (χ1n) is 12.8. The first-order chi connectivity index (χ1) is 17.9. The lowest BCUT2D eigenvalue weighted by Gasteiger charge is -2.26. The summed E-state index contributed by atoms with van der Waals surface area (Å²) in [6.45, 7) is 9.00. The highest BCUT2D eigenvalue weighted by Crippen LogP contribution is 2.43. The number of fused-ring (bicyclic) bond motifs is 2. The molecule has 0 bridgehead atoms. The van der Waals surface area contributed by atoms with Crippen molar-refractivity contribution < 1.29 is 18.7 Å². The average molecular weight is 498 g/mol. The number of benzene rings is 3. The van der Waals surface area contributed by atoms with E-state index < -0.39 is 6.04 Å². The van der Waals surface area contributed by atoms with Crippen molar-refractivity contribution in [2.24, 2.45) is 0 Å². The van der Waals surface area contributed by atoms with Crippen LogP contribution in [0.25, 0.3) is 11.0 Å². The van der Waals surface area contributed by atoms with E-state index in [0.717, 1.165) is 29.5 Å². The molecule has 1 amide bonds. The highest BCUT2D eigenvalue weighted by molar-refractivity contribution is 6.10. The Balaban J connectivity index is 1.72. The zero-order valence-electron chi connectivity index (χ0n) is 21.7. The van der Waals surface area contributed by atoms with Crippen LogP contribution in [0.4, 0.5) is 5.69 Å². The molecule has 0 saturated carbocycles. The van der Waals surface area contributed by atoms with Crippen LogP contribution in [0.2, 0.25) is 0 Å². The molecule has 6 nitrogen and oxygen atoms in total. The lowest BCUT2D eigenvalue weighted by atomic mass is 9.97. The van der Waals surface area contributed by atoms with Gasteiger partial charge in [-0.15, -0.1) is 0 Å². The zero-order chi connectivity index (χ0) is 26.1. The molecule has 2 heterocycles. The Labute approximate surface area is 216 Å². The number of carbonyl (C=O) groups is 1. The minimum atomic E-state index is -0.670. The van der Waals surface area contributed by atoms with Crippen LogP contribution in [0.3, 0.4) is 0 Å². The minimum absolute atomic E-state index is 0.0795. The number of ether oxygens (including phenoxy) is 2. The molecule has 37 heavy (non-hydrogen) atoms. The molecule has 4 aromatic rings. The average Bonchev–Trinajstić information content (AvgIpc) is 3.19. The smallest absolute Gasteiger partial charge is 0.295 e. The topological polar surface area (TPSA) is 69.0 Å². The third kappa shape index (κ3) is 4.37. The Kier molecular flexibility index (Phi) is 6.74. The molecule has 1 atom stereocenters. The molecule has 0 fully saturated rings. The van der Waals surface area contributed by atoms with Crippen LogP contribution in [0.1, 0.15) is 65.5 Å². The molecule has 0 N–H and O–H groups in total. The number of nitrogens with zero attached hydrogens (tertiary/aromatic N) is 1. The minimum Gasteiger partial charge on any atom is -0.490 e. The lowest BCUT2D eigenvalue weighted by Crippen LogP contribution is -2.29. The molecule has 190 valence electrons. The van der Waals surface area contributed by atoms with E-state index in [9.17, 15) is 9.59 Å². The predicted octanol–water partition coefficient (Wildman–Crippen LogP) is 6.74. The molecule has 1 aliphatic heterocycles. The van der Waals surface area contributed by atoms with Crippen molar-refractivity contribution in [2.45, 2.75) is 46.6 Å². The second-order valence-corrected chi connectivity index (χ2v) is 9.36. The maximum absolute atomic E-state index is 13.9. The van der Waals surface area contributed by atoms with Crippen molar-refractivity contribution in [3.63, 3.8) is 0 Å². The third-order valence-corrected chi connectivity index (χ3v) is 6.86. The summed E-state index contributed by atoms with van der Waals surface area (Å²) in [4.78, 5) is 29.4. The van der Waals surface area contributed by atoms with Crippen molar-refractivity contribution >= 4 is 22.6 Å². The van der Waals surface area contributed by atoms with Crippen LogP contribution < -0.4 is 19.8 Å². The molecular weight excluding hydrogens is 466 g/mol. The number of aryl methyl sites for hydroxylation is 2. The van der Waals surface area contributed by atoms with Gasteiger partial charge in [-0.05, 0) is 80.3 Å². The second kappa shape index (κ2) is 10.1. The van der Waals surface area contributed by atoms with Gasteiger partial charge in [-0.2, -0.15) is 0 Å². The van der Waals surface area contributed by atoms with Crippen molar-refractivity contribution in [1.29, 1.82) is 0 Å². The Bertz CT molecular complexity index is 1520. The van der Waals surface area contributed by atoms with Crippen LogP contribution >= 0.6 is 0 Å². The normalized spacial score (nSPS) is 14.8. The Hall–Kier alpha value is -4.06. The van der Waals surface area contributed by atoms with Crippen molar-refractivity contribution in [2.75, 3.05) is 18.1 Å². The van der Waals surface area contributed by atoms with Gasteiger partial charge in [-0.3, -0.25) is 14.5 Å². The summed E-state index contributed by atoms with van der Waals surface area (Å²) < 4.78 is 18.0. The van der Waals surface area contributed by atoms with Gasteiger partial charge in [-0.25, -0.2) is 0 Å². The van der Waals surface area contributed by atoms with E-state index in [2.05, 4.69) is 6.92 Å². The number of amides is 1. The highest BCUT2D eigenvalue weighted by atomic mass is 16.5. The molecule has 0 radical (unpaired) electrons. The molecule has 1 unspecified atom stereocenters. The van der Waals surface area contributed by atoms with E-state index in [1.807, 2.05) is 81.4 Å². The van der Waals surface area contributed by atoms with Gasteiger partial charge in [0.05, 0.1) is 30.2 Å². The monoisotopic (exact) mass is 497 g/mol. The molecular formula is C31H31NO5. The summed E-state index contributed by atoms with van der Waals surface area (Å²) in [7, 11) is 0. The van der Waals surface area contributed by atoms with E-state index in [0.29, 0.717) is 46.9 Å². The van der Waals surface area contributed by atoms with Crippen LogP contribution in [0.15, 0.2) is 69.9 Å². The number of rotatable bonds is 8. The van der Waals surface area contributed by atoms with Gasteiger partial charge in [0.2, 0.25) is 5.76 Å². The SMILES string of the molecule is CCCCOc1ccc(C2c3c(oc4cc(C)c(C)cc4c3=O)C(=O)N2c2ccccc2)cc1OCC. The molecule has 3 aromatic carbocycles. The zero-order valence-corrected chi connectivity index (χ0v) is 21.7. The molecule has 1 aromatic heterocycles. The second-order valence-electron chi connectivity index (χ2n) is 9.36. The fraction of sp³-hybridized carbons (Fsp3) is 0.290. The third-order valence-electron chi connectivity index (χ3n) is 6.86. The summed E-state index contributed by atoms with van der Waals surface area (Å²) in [6.07, 6.45) is 1.96. The molecule has 0 aliphatic carbocycles.